The third kappa shape index (κ3) is 2.67. The van der Waals surface area contributed by atoms with Crippen LogP contribution in [0.15, 0.2) is 46.9 Å². The zero-order chi connectivity index (χ0) is 15.0. The van der Waals surface area contributed by atoms with E-state index in [1.807, 2.05) is 29.6 Å². The lowest BCUT2D eigenvalue weighted by atomic mass is 9.98. The van der Waals surface area contributed by atoms with Crippen LogP contribution in [-0.2, 0) is 0 Å². The third-order valence-electron chi connectivity index (χ3n) is 3.27. The highest BCUT2D eigenvalue weighted by atomic mass is 35.5. The van der Waals surface area contributed by atoms with Gasteiger partial charge in [0.15, 0.2) is 5.11 Å². The lowest BCUT2D eigenvalue weighted by Gasteiger charge is -2.24. The molecule has 108 valence electrons. The Morgan fingerprint density at radius 2 is 2.05 bits per heavy atom. The van der Waals surface area contributed by atoms with E-state index in [9.17, 15) is 5.11 Å². The first-order valence-electron chi connectivity index (χ1n) is 6.22. The molecule has 1 aromatic heterocycles. The maximum Gasteiger partial charge on any atom is 0.187 e. The zero-order valence-corrected chi connectivity index (χ0v) is 13.2. The fourth-order valence-electron chi connectivity index (χ4n) is 2.31. The summed E-state index contributed by atoms with van der Waals surface area (Å²) in [4.78, 5) is 0.903. The van der Waals surface area contributed by atoms with E-state index in [0.29, 0.717) is 10.7 Å². The third-order valence-corrected chi connectivity index (χ3v) is 4.60. The van der Waals surface area contributed by atoms with Crippen molar-refractivity contribution < 1.29 is 5.11 Å². The number of halogens is 1. The van der Waals surface area contributed by atoms with Gasteiger partial charge in [-0.3, -0.25) is 0 Å². The fourth-order valence-corrected chi connectivity index (χ4v) is 3.33. The molecule has 1 aliphatic rings. The highest BCUT2D eigenvalue weighted by molar-refractivity contribution is 7.80. The molecule has 2 atom stereocenters. The van der Waals surface area contributed by atoms with Gasteiger partial charge in [0.05, 0.1) is 4.88 Å². The van der Waals surface area contributed by atoms with E-state index in [-0.39, 0.29) is 5.11 Å². The smallest absolute Gasteiger partial charge is 0.187 e. The molecule has 2 unspecified atom stereocenters. The number of benzene rings is 1. The number of hydrogen-bond donors (Lipinski definition) is 2. The van der Waals surface area contributed by atoms with Crippen LogP contribution < -0.4 is 5.73 Å². The molecule has 7 heteroatoms. The van der Waals surface area contributed by atoms with Gasteiger partial charge in [-0.2, -0.15) is 5.10 Å². The van der Waals surface area contributed by atoms with E-state index in [0.717, 1.165) is 10.4 Å². The van der Waals surface area contributed by atoms with Crippen molar-refractivity contribution in [3.63, 3.8) is 0 Å². The second-order valence-corrected chi connectivity index (χ2v) is 6.39. The first-order chi connectivity index (χ1) is 10.1. The molecule has 2 heterocycles. The van der Waals surface area contributed by atoms with Crippen molar-refractivity contribution in [2.45, 2.75) is 12.1 Å². The number of aliphatic hydroxyl groups excluding tert-OH is 1. The van der Waals surface area contributed by atoms with Gasteiger partial charge in [0.1, 0.15) is 17.9 Å². The number of thiocarbonyl (C=S) groups is 1. The maximum atomic E-state index is 10.6. The number of thiophene rings is 1. The molecule has 1 aliphatic heterocycles. The molecule has 0 fully saturated rings. The van der Waals surface area contributed by atoms with Gasteiger partial charge in [0.25, 0.3) is 0 Å². The summed E-state index contributed by atoms with van der Waals surface area (Å²) in [7, 11) is 0. The summed E-state index contributed by atoms with van der Waals surface area (Å²) in [6.45, 7) is 0. The second-order valence-electron chi connectivity index (χ2n) is 4.59. The number of hydrazone groups is 1. The minimum Gasteiger partial charge on any atom is -0.384 e. The maximum absolute atomic E-state index is 10.6. The summed E-state index contributed by atoms with van der Waals surface area (Å²) in [6, 6.07) is 10.6. The minimum absolute atomic E-state index is 0.126. The zero-order valence-electron chi connectivity index (χ0n) is 10.8. The van der Waals surface area contributed by atoms with Crippen LogP contribution in [0.3, 0.4) is 0 Å². The first kappa shape index (κ1) is 14.5. The van der Waals surface area contributed by atoms with E-state index >= 15 is 0 Å². The molecule has 3 N–H and O–H groups in total. The van der Waals surface area contributed by atoms with Crippen LogP contribution in [-0.4, -0.2) is 27.0 Å². The Morgan fingerprint density at radius 1 is 1.33 bits per heavy atom. The molecule has 3 rings (SSSR count). The Morgan fingerprint density at radius 3 is 2.62 bits per heavy atom. The highest BCUT2D eigenvalue weighted by Gasteiger charge is 2.39. The summed E-state index contributed by atoms with van der Waals surface area (Å²) in [5.74, 6) is 0. The molecule has 0 radical (unpaired) electrons. The molecule has 0 aliphatic carbocycles. The van der Waals surface area contributed by atoms with Gasteiger partial charge in [0, 0.05) is 5.02 Å². The second kappa shape index (κ2) is 5.73. The molecule has 0 spiro atoms. The minimum atomic E-state index is -0.800. The quantitative estimate of drug-likeness (QED) is 0.827. The van der Waals surface area contributed by atoms with E-state index in [4.69, 9.17) is 29.6 Å². The lowest BCUT2D eigenvalue weighted by Crippen LogP contribution is -2.36. The molecular formula is C14H12ClN3OS2. The summed E-state index contributed by atoms with van der Waals surface area (Å²) in [5, 5.41) is 19.2. The Kier molecular flexibility index (Phi) is 3.95. The summed E-state index contributed by atoms with van der Waals surface area (Å²) >= 11 is 12.5. The standard InChI is InChI=1S/C14H12ClN3OS2/c15-9-5-3-8(4-6-9)12-13(19)11(10-2-1-7-21-10)17-18(12)14(16)20/h1-7,12-13,19H,(H2,16,20). The summed E-state index contributed by atoms with van der Waals surface area (Å²) in [6.07, 6.45) is -0.800. The summed E-state index contributed by atoms with van der Waals surface area (Å²) < 4.78 is 0. The van der Waals surface area contributed by atoms with Crippen molar-refractivity contribution >= 4 is 46.0 Å². The van der Waals surface area contributed by atoms with Crippen molar-refractivity contribution in [2.75, 3.05) is 0 Å². The molecular weight excluding hydrogens is 326 g/mol. The molecule has 0 bridgehead atoms. The Hall–Kier alpha value is -1.47. The topological polar surface area (TPSA) is 61.8 Å². The Balaban J connectivity index is 2.01. The van der Waals surface area contributed by atoms with Crippen molar-refractivity contribution in [1.82, 2.24) is 5.01 Å². The van der Waals surface area contributed by atoms with Gasteiger partial charge in [-0.1, -0.05) is 29.8 Å². The number of aliphatic hydroxyl groups is 1. The molecule has 4 nitrogen and oxygen atoms in total. The van der Waals surface area contributed by atoms with Crippen molar-refractivity contribution in [3.05, 3.63) is 57.2 Å². The number of hydrogen-bond acceptors (Lipinski definition) is 4. The van der Waals surface area contributed by atoms with Gasteiger partial charge >= 0.3 is 0 Å². The molecule has 0 saturated heterocycles. The normalized spacial score (nSPS) is 21.4. The summed E-state index contributed by atoms with van der Waals surface area (Å²) in [5.41, 5.74) is 7.19. The van der Waals surface area contributed by atoms with E-state index in [1.54, 1.807) is 12.1 Å². The van der Waals surface area contributed by atoms with Crippen molar-refractivity contribution in [3.8, 4) is 0 Å². The van der Waals surface area contributed by atoms with Crippen LogP contribution in [0.1, 0.15) is 16.5 Å². The molecule has 21 heavy (non-hydrogen) atoms. The van der Waals surface area contributed by atoms with E-state index < -0.39 is 12.1 Å². The Labute approximate surface area is 136 Å². The van der Waals surface area contributed by atoms with Crippen LogP contribution in [0.25, 0.3) is 0 Å². The van der Waals surface area contributed by atoms with E-state index in [2.05, 4.69) is 5.10 Å². The van der Waals surface area contributed by atoms with E-state index in [1.165, 1.54) is 16.3 Å². The van der Waals surface area contributed by atoms with Crippen LogP contribution in [0, 0.1) is 0 Å². The Bertz CT molecular complexity index is 685. The van der Waals surface area contributed by atoms with Crippen LogP contribution in [0.5, 0.6) is 0 Å². The largest absolute Gasteiger partial charge is 0.384 e. The fraction of sp³-hybridized carbons (Fsp3) is 0.143. The SMILES string of the molecule is NC(=S)N1N=C(c2cccs2)C(O)C1c1ccc(Cl)cc1. The van der Waals surface area contributed by atoms with Gasteiger partial charge < -0.3 is 10.8 Å². The van der Waals surface area contributed by atoms with Crippen LogP contribution >= 0.6 is 35.2 Å². The van der Waals surface area contributed by atoms with Crippen LogP contribution in [0.2, 0.25) is 5.02 Å². The number of nitrogens with zero attached hydrogens (tertiary/aromatic N) is 2. The van der Waals surface area contributed by atoms with Crippen molar-refractivity contribution in [2.24, 2.45) is 10.8 Å². The van der Waals surface area contributed by atoms with Gasteiger partial charge in [-0.05, 0) is 41.4 Å². The number of nitrogens with two attached hydrogens (primary N) is 1. The predicted molar refractivity (Wildman–Crippen MR) is 89.7 cm³/mol. The van der Waals surface area contributed by atoms with Crippen molar-refractivity contribution in [1.29, 1.82) is 0 Å². The van der Waals surface area contributed by atoms with Gasteiger partial charge in [-0.25, -0.2) is 5.01 Å². The first-order valence-corrected chi connectivity index (χ1v) is 7.89. The van der Waals surface area contributed by atoms with Gasteiger partial charge in [-0.15, -0.1) is 11.3 Å². The molecule has 0 saturated carbocycles. The molecule has 1 aromatic carbocycles. The predicted octanol–water partition coefficient (Wildman–Crippen LogP) is 2.77. The highest BCUT2D eigenvalue weighted by Crippen LogP contribution is 2.34. The molecule has 0 amide bonds. The number of rotatable bonds is 2. The van der Waals surface area contributed by atoms with Gasteiger partial charge in [0.2, 0.25) is 0 Å². The average molecular weight is 338 g/mol. The molecule has 2 aromatic rings. The monoisotopic (exact) mass is 337 g/mol. The van der Waals surface area contributed by atoms with Crippen LogP contribution in [0.4, 0.5) is 0 Å². The average Bonchev–Trinajstić information content (AvgIpc) is 3.07. The lowest BCUT2D eigenvalue weighted by molar-refractivity contribution is 0.164.